The average molecular weight is 504 g/mol. The van der Waals surface area contributed by atoms with Gasteiger partial charge >= 0.3 is 0 Å². The fourth-order valence-corrected chi connectivity index (χ4v) is 6.39. The first-order chi connectivity index (χ1) is 15.5. The Balaban J connectivity index is 1.51. The van der Waals surface area contributed by atoms with Crippen molar-refractivity contribution in [3.8, 4) is 0 Å². The van der Waals surface area contributed by atoms with Gasteiger partial charge in [0.25, 0.3) is 0 Å². The highest BCUT2D eigenvalue weighted by molar-refractivity contribution is 7.80. The predicted molar refractivity (Wildman–Crippen MR) is 139 cm³/mol. The summed E-state index contributed by atoms with van der Waals surface area (Å²) >= 11 is 20.5. The Hall–Kier alpha value is -1.86. The Labute approximate surface area is 208 Å². The molecule has 3 aromatic rings. The van der Waals surface area contributed by atoms with E-state index in [0.717, 1.165) is 50.3 Å². The van der Waals surface area contributed by atoms with Crippen LogP contribution in [0.5, 0.6) is 0 Å². The maximum atomic E-state index is 6.81. The van der Waals surface area contributed by atoms with Crippen molar-refractivity contribution in [3.05, 3.63) is 74.7 Å². The summed E-state index contributed by atoms with van der Waals surface area (Å²) in [4.78, 5) is 10.3. The molecule has 0 bridgehead atoms. The number of hydrogen-bond donors (Lipinski definition) is 1. The smallest absolute Gasteiger partial charge is 0.174 e. The molecule has 0 unspecified atom stereocenters. The third-order valence-corrected chi connectivity index (χ3v) is 8.24. The summed E-state index contributed by atoms with van der Waals surface area (Å²) in [5.74, 6) is 0.777. The van der Waals surface area contributed by atoms with E-state index in [2.05, 4.69) is 45.2 Å². The molecule has 2 aliphatic heterocycles. The quantitative estimate of drug-likeness (QED) is 0.393. The molecule has 1 N–H and O–H groups in total. The normalized spacial score (nSPS) is 21.8. The van der Waals surface area contributed by atoms with Gasteiger partial charge in [0.1, 0.15) is 0 Å². The Morgan fingerprint density at radius 2 is 1.91 bits per heavy atom. The summed E-state index contributed by atoms with van der Waals surface area (Å²) in [6, 6.07) is 16.1. The van der Waals surface area contributed by atoms with Crippen LogP contribution in [0, 0.1) is 5.92 Å². The van der Waals surface area contributed by atoms with Gasteiger partial charge in [-0.3, -0.25) is 4.98 Å². The minimum absolute atomic E-state index is 0.0624. The topological polar surface area (TPSA) is 31.4 Å². The lowest BCUT2D eigenvalue weighted by molar-refractivity contribution is 0.438. The average Bonchev–Trinajstić information content (AvgIpc) is 3.38. The van der Waals surface area contributed by atoms with Gasteiger partial charge in [-0.15, -0.1) is 11.3 Å². The number of nitrogens with one attached hydrogen (secondary N) is 1. The molecule has 0 saturated carbocycles. The molecule has 1 aromatic carbocycles. The molecule has 2 saturated heterocycles. The second kappa shape index (κ2) is 9.18. The molecule has 2 aliphatic rings. The van der Waals surface area contributed by atoms with Crippen molar-refractivity contribution in [2.45, 2.75) is 31.8 Å². The van der Waals surface area contributed by atoms with E-state index in [1.807, 2.05) is 36.5 Å². The number of pyridine rings is 1. The van der Waals surface area contributed by atoms with Crippen LogP contribution >= 0.6 is 46.8 Å². The van der Waals surface area contributed by atoms with Gasteiger partial charge in [0.15, 0.2) is 5.11 Å². The standard InChI is InChI=1S/C24H24Cl2N4S2/c1-15-9-12-29(13-10-15)19-6-5-16(14-17(19)25)30-23(20-7-8-21(26)32-20)22(28-24(30)31)18-4-2-3-11-27-18/h2-8,11,14-15,22-23H,9-10,12-13H2,1H3,(H,28,31)/t22-,23-/m1/s1. The third kappa shape index (κ3) is 4.21. The summed E-state index contributed by atoms with van der Waals surface area (Å²) in [6.45, 7) is 4.41. The zero-order valence-corrected chi connectivity index (χ0v) is 20.8. The second-order valence-corrected chi connectivity index (χ2v) is 11.0. The van der Waals surface area contributed by atoms with Crippen LogP contribution in [0.3, 0.4) is 0 Å². The second-order valence-electron chi connectivity index (χ2n) is 8.44. The van der Waals surface area contributed by atoms with Crippen molar-refractivity contribution in [3.63, 3.8) is 0 Å². The largest absolute Gasteiger partial charge is 0.370 e. The molecular weight excluding hydrogens is 479 g/mol. The SMILES string of the molecule is CC1CCN(c2ccc(N3C(=S)N[C@H](c4ccccn4)[C@H]3c3ccc(Cl)s3)cc2Cl)CC1. The maximum Gasteiger partial charge on any atom is 0.174 e. The number of nitrogens with zero attached hydrogens (tertiary/aromatic N) is 3. The van der Waals surface area contributed by atoms with Gasteiger partial charge in [-0.2, -0.15) is 0 Å². The van der Waals surface area contributed by atoms with Gasteiger partial charge in [0.05, 0.1) is 32.8 Å². The van der Waals surface area contributed by atoms with Crippen LogP contribution in [0.4, 0.5) is 11.4 Å². The van der Waals surface area contributed by atoms with Crippen LogP contribution < -0.4 is 15.1 Å². The lowest BCUT2D eigenvalue weighted by Crippen LogP contribution is -2.33. The van der Waals surface area contributed by atoms with Gasteiger partial charge in [-0.1, -0.05) is 36.2 Å². The lowest BCUT2D eigenvalue weighted by Gasteiger charge is -2.33. The number of rotatable bonds is 4. The zero-order valence-electron chi connectivity index (χ0n) is 17.7. The number of halogens is 2. The van der Waals surface area contributed by atoms with Crippen molar-refractivity contribution >= 4 is 63.2 Å². The van der Waals surface area contributed by atoms with Gasteiger partial charge in [-0.05, 0) is 73.4 Å². The highest BCUT2D eigenvalue weighted by Gasteiger charge is 2.41. The van der Waals surface area contributed by atoms with Crippen LogP contribution in [-0.4, -0.2) is 23.2 Å². The Morgan fingerprint density at radius 1 is 1.09 bits per heavy atom. The molecule has 5 rings (SSSR count). The molecular formula is C24H24Cl2N4S2. The molecule has 4 heterocycles. The first-order valence-electron chi connectivity index (χ1n) is 10.8. The Kier molecular flexibility index (Phi) is 6.30. The molecule has 32 heavy (non-hydrogen) atoms. The van der Waals surface area contributed by atoms with E-state index in [-0.39, 0.29) is 12.1 Å². The first-order valence-corrected chi connectivity index (χ1v) is 12.8. The van der Waals surface area contributed by atoms with Crippen molar-refractivity contribution in [1.82, 2.24) is 10.3 Å². The summed E-state index contributed by atoms with van der Waals surface area (Å²) in [7, 11) is 0. The summed E-state index contributed by atoms with van der Waals surface area (Å²) < 4.78 is 0.755. The van der Waals surface area contributed by atoms with Gasteiger partial charge in [0.2, 0.25) is 0 Å². The molecule has 0 aliphatic carbocycles. The molecule has 4 nitrogen and oxygen atoms in total. The van der Waals surface area contributed by atoms with E-state index in [0.29, 0.717) is 5.11 Å². The van der Waals surface area contributed by atoms with Gasteiger partial charge in [0, 0.05) is 29.9 Å². The molecule has 0 radical (unpaired) electrons. The number of piperidine rings is 1. The maximum absolute atomic E-state index is 6.81. The van der Waals surface area contributed by atoms with E-state index in [9.17, 15) is 0 Å². The monoisotopic (exact) mass is 502 g/mol. The van der Waals surface area contributed by atoms with E-state index < -0.39 is 0 Å². The van der Waals surface area contributed by atoms with Crippen molar-refractivity contribution in [2.24, 2.45) is 5.92 Å². The number of anilines is 2. The fraction of sp³-hybridized carbons (Fsp3) is 0.333. The minimum Gasteiger partial charge on any atom is -0.370 e. The van der Waals surface area contributed by atoms with Crippen molar-refractivity contribution in [2.75, 3.05) is 22.9 Å². The number of thiocarbonyl (C=S) groups is 1. The highest BCUT2D eigenvalue weighted by atomic mass is 35.5. The minimum atomic E-state index is -0.0829. The molecule has 0 amide bonds. The molecule has 166 valence electrons. The Morgan fingerprint density at radius 3 is 2.56 bits per heavy atom. The van der Waals surface area contributed by atoms with Gasteiger partial charge in [-0.25, -0.2) is 0 Å². The number of hydrogen-bond acceptors (Lipinski definition) is 4. The highest BCUT2D eigenvalue weighted by Crippen LogP contribution is 2.45. The zero-order chi connectivity index (χ0) is 22.2. The Bertz CT molecular complexity index is 1110. The van der Waals surface area contributed by atoms with Crippen LogP contribution in [0.15, 0.2) is 54.7 Å². The van der Waals surface area contributed by atoms with E-state index >= 15 is 0 Å². The van der Waals surface area contributed by atoms with Crippen molar-refractivity contribution in [1.29, 1.82) is 0 Å². The van der Waals surface area contributed by atoms with Crippen LogP contribution in [0.25, 0.3) is 0 Å². The molecule has 8 heteroatoms. The summed E-state index contributed by atoms with van der Waals surface area (Å²) in [5, 5.41) is 4.90. The number of benzene rings is 1. The van der Waals surface area contributed by atoms with E-state index in [4.69, 9.17) is 35.4 Å². The van der Waals surface area contributed by atoms with Crippen LogP contribution in [0.1, 0.15) is 42.4 Å². The molecule has 2 fully saturated rings. The fourth-order valence-electron chi connectivity index (χ4n) is 4.56. The number of thiophene rings is 1. The van der Waals surface area contributed by atoms with E-state index in [1.165, 1.54) is 12.8 Å². The van der Waals surface area contributed by atoms with Crippen LogP contribution in [0.2, 0.25) is 9.36 Å². The number of aromatic nitrogens is 1. The predicted octanol–water partition coefficient (Wildman–Crippen LogP) is 6.86. The van der Waals surface area contributed by atoms with Crippen molar-refractivity contribution < 1.29 is 0 Å². The lowest BCUT2D eigenvalue weighted by atomic mass is 9.98. The van der Waals surface area contributed by atoms with Gasteiger partial charge < -0.3 is 15.1 Å². The summed E-state index contributed by atoms with van der Waals surface area (Å²) in [5.41, 5.74) is 3.00. The first kappa shape index (κ1) is 22.0. The third-order valence-electron chi connectivity index (χ3n) is 6.32. The molecule has 2 aromatic heterocycles. The van der Waals surface area contributed by atoms with Crippen LogP contribution in [-0.2, 0) is 0 Å². The molecule has 0 spiro atoms. The summed E-state index contributed by atoms with van der Waals surface area (Å²) in [6.07, 6.45) is 4.21. The molecule has 2 atom stereocenters. The van der Waals surface area contributed by atoms with E-state index in [1.54, 1.807) is 11.3 Å².